The van der Waals surface area contributed by atoms with E-state index in [-0.39, 0.29) is 5.69 Å². The summed E-state index contributed by atoms with van der Waals surface area (Å²) in [7, 11) is 0. The number of nitrogens with one attached hydrogen (secondary N) is 1. The Morgan fingerprint density at radius 1 is 1.39 bits per heavy atom. The second-order valence-corrected chi connectivity index (χ2v) is 4.94. The Morgan fingerprint density at radius 3 is 2.72 bits per heavy atom. The van der Waals surface area contributed by atoms with Gasteiger partial charge in [0.25, 0.3) is 0 Å². The Labute approximate surface area is 113 Å². The third-order valence-corrected chi connectivity index (χ3v) is 3.38. The average molecular weight is 283 g/mol. The molecule has 6 heteroatoms. The van der Waals surface area contributed by atoms with Crippen molar-refractivity contribution in [1.29, 1.82) is 0 Å². The van der Waals surface area contributed by atoms with Gasteiger partial charge in [-0.25, -0.2) is 9.78 Å². The molecular formula is C12H11ClN2O2S. The molecule has 0 fully saturated rings. The molecule has 0 aliphatic rings. The van der Waals surface area contributed by atoms with Crippen molar-refractivity contribution in [3.63, 3.8) is 0 Å². The Morgan fingerprint density at radius 2 is 2.11 bits per heavy atom. The van der Waals surface area contributed by atoms with Gasteiger partial charge in [-0.2, -0.15) is 0 Å². The minimum Gasteiger partial charge on any atom is -0.476 e. The number of carbonyl (C=O) groups is 1. The van der Waals surface area contributed by atoms with Crippen molar-refractivity contribution >= 4 is 34.0 Å². The molecule has 2 aromatic rings. The van der Waals surface area contributed by atoms with Crippen molar-refractivity contribution in [1.82, 2.24) is 4.98 Å². The second-order valence-electron chi connectivity index (χ2n) is 3.65. The quantitative estimate of drug-likeness (QED) is 0.884. The van der Waals surface area contributed by atoms with E-state index in [1.807, 2.05) is 24.3 Å². The van der Waals surface area contributed by atoms with Crippen molar-refractivity contribution in [2.45, 2.75) is 6.42 Å². The van der Waals surface area contributed by atoms with Crippen molar-refractivity contribution in [2.75, 3.05) is 11.9 Å². The Kier molecular flexibility index (Phi) is 4.17. The fourth-order valence-corrected chi connectivity index (χ4v) is 2.26. The summed E-state index contributed by atoms with van der Waals surface area (Å²) in [5.41, 5.74) is 1.25. The zero-order chi connectivity index (χ0) is 13.0. The molecule has 0 amide bonds. The molecule has 0 bridgehead atoms. The SMILES string of the molecule is O=C(O)c1csc(NCCc2ccc(Cl)cc2)n1. The van der Waals surface area contributed by atoms with E-state index in [2.05, 4.69) is 10.3 Å². The first-order valence-electron chi connectivity index (χ1n) is 5.32. The lowest BCUT2D eigenvalue weighted by molar-refractivity contribution is 0.0691. The van der Waals surface area contributed by atoms with Crippen LogP contribution in [0.1, 0.15) is 16.1 Å². The molecule has 4 nitrogen and oxygen atoms in total. The number of carboxylic acids is 1. The van der Waals surface area contributed by atoms with Gasteiger partial charge in [-0.15, -0.1) is 11.3 Å². The zero-order valence-corrected chi connectivity index (χ0v) is 11.0. The van der Waals surface area contributed by atoms with E-state index in [4.69, 9.17) is 16.7 Å². The van der Waals surface area contributed by atoms with Gasteiger partial charge in [-0.05, 0) is 24.1 Å². The first-order chi connectivity index (χ1) is 8.65. The molecule has 0 radical (unpaired) electrons. The molecule has 0 saturated heterocycles. The van der Waals surface area contributed by atoms with E-state index in [1.165, 1.54) is 22.3 Å². The average Bonchev–Trinajstić information content (AvgIpc) is 2.81. The lowest BCUT2D eigenvalue weighted by Crippen LogP contribution is -2.05. The third kappa shape index (κ3) is 3.45. The van der Waals surface area contributed by atoms with Crippen molar-refractivity contribution < 1.29 is 9.90 Å². The van der Waals surface area contributed by atoms with Crippen LogP contribution < -0.4 is 5.32 Å². The smallest absolute Gasteiger partial charge is 0.355 e. The van der Waals surface area contributed by atoms with Crippen LogP contribution in [-0.2, 0) is 6.42 Å². The summed E-state index contributed by atoms with van der Waals surface area (Å²) in [5.74, 6) is -1.00. The highest BCUT2D eigenvalue weighted by molar-refractivity contribution is 7.13. The van der Waals surface area contributed by atoms with Gasteiger partial charge >= 0.3 is 5.97 Å². The van der Waals surface area contributed by atoms with Crippen LogP contribution in [-0.4, -0.2) is 22.6 Å². The lowest BCUT2D eigenvalue weighted by atomic mass is 10.1. The maximum Gasteiger partial charge on any atom is 0.355 e. The monoisotopic (exact) mass is 282 g/mol. The van der Waals surface area contributed by atoms with Crippen LogP contribution in [0.15, 0.2) is 29.6 Å². The largest absolute Gasteiger partial charge is 0.476 e. The number of anilines is 1. The minimum atomic E-state index is -1.00. The molecule has 0 atom stereocenters. The fraction of sp³-hybridized carbons (Fsp3) is 0.167. The molecule has 2 N–H and O–H groups in total. The van der Waals surface area contributed by atoms with E-state index in [0.29, 0.717) is 11.7 Å². The van der Waals surface area contributed by atoms with E-state index < -0.39 is 5.97 Å². The molecule has 1 heterocycles. The van der Waals surface area contributed by atoms with Gasteiger partial charge in [0.15, 0.2) is 10.8 Å². The lowest BCUT2D eigenvalue weighted by Gasteiger charge is -2.02. The number of nitrogens with zero attached hydrogens (tertiary/aromatic N) is 1. The standard InChI is InChI=1S/C12H11ClN2O2S/c13-9-3-1-8(2-4-9)5-6-14-12-15-10(7-18-12)11(16)17/h1-4,7H,5-6H2,(H,14,15)(H,16,17). The van der Waals surface area contributed by atoms with Gasteiger partial charge in [-0.1, -0.05) is 23.7 Å². The summed E-state index contributed by atoms with van der Waals surface area (Å²) in [4.78, 5) is 14.6. The minimum absolute atomic E-state index is 0.0778. The maximum atomic E-state index is 10.6. The molecule has 1 aromatic carbocycles. The third-order valence-electron chi connectivity index (χ3n) is 2.33. The van der Waals surface area contributed by atoms with Gasteiger partial charge in [0.05, 0.1) is 0 Å². The summed E-state index contributed by atoms with van der Waals surface area (Å²) >= 11 is 7.09. The van der Waals surface area contributed by atoms with Crippen molar-refractivity contribution in [3.05, 3.63) is 45.9 Å². The molecule has 1 aromatic heterocycles. The molecular weight excluding hydrogens is 272 g/mol. The van der Waals surface area contributed by atoms with E-state index in [0.717, 1.165) is 11.4 Å². The van der Waals surface area contributed by atoms with Gasteiger partial charge in [0.2, 0.25) is 0 Å². The highest BCUT2D eigenvalue weighted by Gasteiger charge is 2.07. The molecule has 2 rings (SSSR count). The fourth-order valence-electron chi connectivity index (χ4n) is 1.42. The van der Waals surface area contributed by atoms with Crippen LogP contribution in [0.3, 0.4) is 0 Å². The second kappa shape index (κ2) is 5.84. The Balaban J connectivity index is 1.84. The topological polar surface area (TPSA) is 62.2 Å². The first-order valence-corrected chi connectivity index (χ1v) is 6.58. The predicted octanol–water partition coefficient (Wildman–Crippen LogP) is 3.15. The summed E-state index contributed by atoms with van der Waals surface area (Å²) in [5, 5.41) is 14.7. The normalized spacial score (nSPS) is 10.3. The number of aromatic carboxylic acids is 1. The number of rotatable bonds is 5. The summed E-state index contributed by atoms with van der Waals surface area (Å²) < 4.78 is 0. The maximum absolute atomic E-state index is 10.6. The van der Waals surface area contributed by atoms with Crippen LogP contribution >= 0.6 is 22.9 Å². The molecule has 0 unspecified atom stereocenters. The van der Waals surface area contributed by atoms with Crippen LogP contribution in [0, 0.1) is 0 Å². The summed E-state index contributed by atoms with van der Waals surface area (Å²) in [6.07, 6.45) is 0.832. The van der Waals surface area contributed by atoms with Gasteiger partial charge in [0, 0.05) is 16.9 Å². The first kappa shape index (κ1) is 12.9. The Bertz CT molecular complexity index is 539. The molecule has 94 valence electrons. The summed E-state index contributed by atoms with van der Waals surface area (Å²) in [6.45, 7) is 0.703. The molecule has 0 spiro atoms. The van der Waals surface area contributed by atoms with Gasteiger partial charge in [0.1, 0.15) is 0 Å². The summed E-state index contributed by atoms with van der Waals surface area (Å²) in [6, 6.07) is 7.63. The number of hydrogen-bond donors (Lipinski definition) is 2. The van der Waals surface area contributed by atoms with E-state index in [9.17, 15) is 4.79 Å². The van der Waals surface area contributed by atoms with Crippen LogP contribution in [0.5, 0.6) is 0 Å². The number of thiazole rings is 1. The molecule has 0 aliphatic heterocycles. The number of benzene rings is 1. The highest BCUT2D eigenvalue weighted by atomic mass is 35.5. The van der Waals surface area contributed by atoms with Gasteiger partial charge < -0.3 is 10.4 Å². The zero-order valence-electron chi connectivity index (χ0n) is 9.39. The van der Waals surface area contributed by atoms with Crippen LogP contribution in [0.4, 0.5) is 5.13 Å². The molecule has 0 saturated carbocycles. The van der Waals surface area contributed by atoms with Crippen LogP contribution in [0.25, 0.3) is 0 Å². The molecule has 18 heavy (non-hydrogen) atoms. The number of hydrogen-bond acceptors (Lipinski definition) is 4. The van der Waals surface area contributed by atoms with E-state index >= 15 is 0 Å². The van der Waals surface area contributed by atoms with E-state index in [1.54, 1.807) is 0 Å². The molecule has 0 aliphatic carbocycles. The van der Waals surface area contributed by atoms with Crippen molar-refractivity contribution in [2.24, 2.45) is 0 Å². The highest BCUT2D eigenvalue weighted by Crippen LogP contribution is 2.15. The Hall–Kier alpha value is -1.59. The number of halogens is 1. The van der Waals surface area contributed by atoms with Crippen molar-refractivity contribution in [3.8, 4) is 0 Å². The number of carboxylic acid groups (broad SMARTS) is 1. The predicted molar refractivity (Wildman–Crippen MR) is 72.7 cm³/mol. The van der Waals surface area contributed by atoms with Crippen LogP contribution in [0.2, 0.25) is 5.02 Å². The van der Waals surface area contributed by atoms with Gasteiger partial charge in [-0.3, -0.25) is 0 Å². The number of aromatic nitrogens is 1.